The largest absolute Gasteiger partial charge is 0.382 e. The zero-order valence-electron chi connectivity index (χ0n) is 9.80. The zero-order valence-corrected chi connectivity index (χ0v) is 9.80. The number of hydrogen-bond acceptors (Lipinski definition) is 3. The van der Waals surface area contributed by atoms with E-state index < -0.39 is 0 Å². The van der Waals surface area contributed by atoms with Crippen LogP contribution in [0.1, 0.15) is 26.7 Å². The van der Waals surface area contributed by atoms with Gasteiger partial charge in [0.25, 0.3) is 0 Å². The number of methoxy groups -OCH3 is 1. The maximum absolute atomic E-state index is 5.93. The summed E-state index contributed by atoms with van der Waals surface area (Å²) in [5, 5.41) is 3.34. The van der Waals surface area contributed by atoms with E-state index in [1.165, 1.54) is 0 Å². The molecule has 2 unspecified atom stereocenters. The molecule has 1 rings (SSSR count). The maximum atomic E-state index is 5.93. The van der Waals surface area contributed by atoms with Gasteiger partial charge in [0, 0.05) is 19.8 Å². The highest BCUT2D eigenvalue weighted by molar-refractivity contribution is 4.91. The van der Waals surface area contributed by atoms with Crippen molar-refractivity contribution in [3.63, 3.8) is 0 Å². The van der Waals surface area contributed by atoms with Crippen LogP contribution in [-0.4, -0.2) is 39.0 Å². The van der Waals surface area contributed by atoms with Gasteiger partial charge < -0.3 is 14.8 Å². The van der Waals surface area contributed by atoms with Crippen molar-refractivity contribution >= 4 is 0 Å². The average Bonchev–Trinajstić information content (AvgIpc) is 2.18. The Kier molecular flexibility index (Phi) is 4.35. The maximum Gasteiger partial charge on any atom is 0.0952 e. The molecule has 1 aliphatic rings. The van der Waals surface area contributed by atoms with Crippen molar-refractivity contribution in [3.8, 4) is 0 Å². The van der Waals surface area contributed by atoms with Crippen molar-refractivity contribution in [2.24, 2.45) is 5.92 Å². The summed E-state index contributed by atoms with van der Waals surface area (Å²) in [5.41, 5.74) is -0.0827. The number of ether oxygens (including phenoxy) is 2. The van der Waals surface area contributed by atoms with Gasteiger partial charge in [0.15, 0.2) is 0 Å². The van der Waals surface area contributed by atoms with Crippen LogP contribution in [0.5, 0.6) is 0 Å². The van der Waals surface area contributed by atoms with Crippen LogP contribution < -0.4 is 5.32 Å². The highest BCUT2D eigenvalue weighted by Crippen LogP contribution is 2.32. The molecule has 2 atom stereocenters. The SMILES string of the molecule is CNC1CCOC(COC)(C(C)C)C1. The van der Waals surface area contributed by atoms with Crippen molar-refractivity contribution in [2.75, 3.05) is 27.4 Å². The fourth-order valence-electron chi connectivity index (χ4n) is 2.14. The summed E-state index contributed by atoms with van der Waals surface area (Å²) in [6, 6.07) is 0.571. The van der Waals surface area contributed by atoms with Crippen LogP contribution in [0.3, 0.4) is 0 Å². The zero-order chi connectivity index (χ0) is 10.6. The lowest BCUT2D eigenvalue weighted by Crippen LogP contribution is -2.52. The van der Waals surface area contributed by atoms with Crippen molar-refractivity contribution < 1.29 is 9.47 Å². The molecule has 1 saturated heterocycles. The minimum absolute atomic E-state index is 0.0827. The van der Waals surface area contributed by atoms with Gasteiger partial charge in [-0.25, -0.2) is 0 Å². The van der Waals surface area contributed by atoms with E-state index >= 15 is 0 Å². The predicted octanol–water partition coefficient (Wildman–Crippen LogP) is 1.43. The number of rotatable bonds is 4. The molecule has 0 saturated carbocycles. The van der Waals surface area contributed by atoms with Gasteiger partial charge in [-0.2, -0.15) is 0 Å². The molecule has 0 amide bonds. The van der Waals surface area contributed by atoms with Gasteiger partial charge in [0.05, 0.1) is 12.2 Å². The monoisotopic (exact) mass is 201 g/mol. The van der Waals surface area contributed by atoms with Crippen molar-refractivity contribution in [1.29, 1.82) is 0 Å². The second-order valence-corrected chi connectivity index (χ2v) is 4.48. The summed E-state index contributed by atoms with van der Waals surface area (Å²) in [5.74, 6) is 0.499. The Labute approximate surface area is 87.2 Å². The van der Waals surface area contributed by atoms with E-state index in [0.717, 1.165) is 19.4 Å². The fourth-order valence-corrected chi connectivity index (χ4v) is 2.14. The standard InChI is InChI=1S/C11H23NO2/c1-9(2)11(8-13-4)7-10(12-3)5-6-14-11/h9-10,12H,5-8H2,1-4H3. The summed E-state index contributed by atoms with van der Waals surface area (Å²) in [4.78, 5) is 0. The molecule has 0 radical (unpaired) electrons. The van der Waals surface area contributed by atoms with E-state index in [0.29, 0.717) is 18.6 Å². The van der Waals surface area contributed by atoms with Crippen molar-refractivity contribution in [3.05, 3.63) is 0 Å². The molecule has 84 valence electrons. The van der Waals surface area contributed by atoms with Crippen LogP contribution in [0.25, 0.3) is 0 Å². The minimum Gasteiger partial charge on any atom is -0.382 e. The Morgan fingerprint density at radius 1 is 1.57 bits per heavy atom. The van der Waals surface area contributed by atoms with Gasteiger partial charge in [-0.15, -0.1) is 0 Å². The summed E-state index contributed by atoms with van der Waals surface area (Å²) in [7, 11) is 3.77. The molecule has 1 fully saturated rings. The third-order valence-corrected chi connectivity index (χ3v) is 3.30. The van der Waals surface area contributed by atoms with E-state index in [4.69, 9.17) is 9.47 Å². The first kappa shape index (κ1) is 12.0. The number of hydrogen-bond donors (Lipinski definition) is 1. The molecule has 0 aromatic heterocycles. The highest BCUT2D eigenvalue weighted by Gasteiger charge is 2.39. The Hall–Kier alpha value is -0.120. The van der Waals surface area contributed by atoms with Gasteiger partial charge in [-0.1, -0.05) is 13.8 Å². The van der Waals surface area contributed by atoms with Crippen LogP contribution in [0.2, 0.25) is 0 Å². The smallest absolute Gasteiger partial charge is 0.0952 e. The fraction of sp³-hybridized carbons (Fsp3) is 1.00. The van der Waals surface area contributed by atoms with Crippen LogP contribution in [0, 0.1) is 5.92 Å². The van der Waals surface area contributed by atoms with Gasteiger partial charge in [-0.3, -0.25) is 0 Å². The van der Waals surface area contributed by atoms with E-state index in [-0.39, 0.29) is 5.60 Å². The normalized spacial score (nSPS) is 33.6. The van der Waals surface area contributed by atoms with Gasteiger partial charge in [0.1, 0.15) is 0 Å². The summed E-state index contributed by atoms with van der Waals surface area (Å²) < 4.78 is 11.2. The molecule has 0 bridgehead atoms. The lowest BCUT2D eigenvalue weighted by atomic mass is 9.82. The second-order valence-electron chi connectivity index (χ2n) is 4.48. The molecule has 3 heteroatoms. The molecule has 1 aliphatic heterocycles. The van der Waals surface area contributed by atoms with Crippen LogP contribution in [-0.2, 0) is 9.47 Å². The van der Waals surface area contributed by atoms with Gasteiger partial charge in [-0.05, 0) is 25.8 Å². The average molecular weight is 201 g/mol. The van der Waals surface area contributed by atoms with Gasteiger partial charge in [0.2, 0.25) is 0 Å². The van der Waals surface area contributed by atoms with E-state index in [1.807, 2.05) is 7.05 Å². The summed E-state index contributed by atoms with van der Waals surface area (Å²) >= 11 is 0. The molecule has 0 aromatic rings. The Morgan fingerprint density at radius 2 is 2.29 bits per heavy atom. The first-order valence-electron chi connectivity index (χ1n) is 5.45. The molecular formula is C11H23NO2. The molecule has 0 spiro atoms. The molecule has 1 heterocycles. The Balaban J connectivity index is 2.65. The van der Waals surface area contributed by atoms with E-state index in [1.54, 1.807) is 7.11 Å². The molecule has 14 heavy (non-hydrogen) atoms. The summed E-state index contributed by atoms with van der Waals surface area (Å²) in [6.07, 6.45) is 2.16. The third kappa shape index (κ3) is 2.47. The van der Waals surface area contributed by atoms with E-state index in [2.05, 4.69) is 19.2 Å². The molecule has 0 aliphatic carbocycles. The topological polar surface area (TPSA) is 30.5 Å². The van der Waals surface area contributed by atoms with Crippen LogP contribution >= 0.6 is 0 Å². The molecule has 0 aromatic carbocycles. The van der Waals surface area contributed by atoms with Gasteiger partial charge >= 0.3 is 0 Å². The van der Waals surface area contributed by atoms with Crippen LogP contribution in [0.4, 0.5) is 0 Å². The quantitative estimate of drug-likeness (QED) is 0.746. The first-order valence-corrected chi connectivity index (χ1v) is 5.45. The van der Waals surface area contributed by atoms with E-state index in [9.17, 15) is 0 Å². The molecule has 1 N–H and O–H groups in total. The lowest BCUT2D eigenvalue weighted by molar-refractivity contribution is -0.148. The van der Waals surface area contributed by atoms with Crippen molar-refractivity contribution in [2.45, 2.75) is 38.3 Å². The van der Waals surface area contributed by atoms with Crippen molar-refractivity contribution in [1.82, 2.24) is 5.32 Å². The number of nitrogens with one attached hydrogen (secondary N) is 1. The highest BCUT2D eigenvalue weighted by atomic mass is 16.5. The Morgan fingerprint density at radius 3 is 2.79 bits per heavy atom. The molecular weight excluding hydrogens is 178 g/mol. The summed E-state index contributed by atoms with van der Waals surface area (Å²) in [6.45, 7) is 5.95. The minimum atomic E-state index is -0.0827. The molecule has 3 nitrogen and oxygen atoms in total. The predicted molar refractivity (Wildman–Crippen MR) is 57.5 cm³/mol. The third-order valence-electron chi connectivity index (χ3n) is 3.30. The second kappa shape index (κ2) is 5.10. The first-order chi connectivity index (χ1) is 6.64. The van der Waals surface area contributed by atoms with Crippen LogP contribution in [0.15, 0.2) is 0 Å². The lowest BCUT2D eigenvalue weighted by Gasteiger charge is -2.43. The Bertz CT molecular complexity index is 169.